The Labute approximate surface area is 77.2 Å². The highest BCUT2D eigenvalue weighted by atomic mass is 32.1. The fourth-order valence-electron chi connectivity index (χ4n) is 1.40. The number of thiol groups is 1. The summed E-state index contributed by atoms with van der Waals surface area (Å²) in [6, 6.07) is 8.55. The van der Waals surface area contributed by atoms with Crippen molar-refractivity contribution in [1.82, 2.24) is 4.98 Å². The molecule has 0 aliphatic carbocycles. The van der Waals surface area contributed by atoms with Crippen molar-refractivity contribution in [3.63, 3.8) is 0 Å². The molecule has 2 rings (SSSR count). The molecule has 0 saturated heterocycles. The van der Waals surface area contributed by atoms with Crippen molar-refractivity contribution >= 4 is 23.5 Å². The van der Waals surface area contributed by atoms with E-state index in [-0.39, 0.29) is 0 Å². The lowest BCUT2D eigenvalue weighted by molar-refractivity contribution is 1.27. The van der Waals surface area contributed by atoms with E-state index >= 15 is 0 Å². The molecule has 0 amide bonds. The molecule has 62 valence electrons. The molecule has 12 heavy (non-hydrogen) atoms. The van der Waals surface area contributed by atoms with Crippen molar-refractivity contribution in [3.8, 4) is 0 Å². The van der Waals surface area contributed by atoms with Crippen LogP contribution in [-0.2, 0) is 5.75 Å². The third-order valence-electron chi connectivity index (χ3n) is 2.00. The molecule has 0 unspecified atom stereocenters. The van der Waals surface area contributed by atoms with Gasteiger partial charge in [0.15, 0.2) is 0 Å². The van der Waals surface area contributed by atoms with Gasteiger partial charge in [0.05, 0.1) is 0 Å². The first-order valence-electron chi connectivity index (χ1n) is 3.99. The number of benzene rings is 1. The average Bonchev–Trinajstić information content (AvgIpc) is 2.46. The van der Waals surface area contributed by atoms with Crippen LogP contribution >= 0.6 is 12.6 Å². The highest BCUT2D eigenvalue weighted by molar-refractivity contribution is 7.79. The second-order valence-electron chi connectivity index (χ2n) is 3.04. The maximum Gasteiger partial charge on any atom is 0.0456 e. The van der Waals surface area contributed by atoms with Crippen molar-refractivity contribution in [2.24, 2.45) is 0 Å². The van der Waals surface area contributed by atoms with Crippen LogP contribution in [0.2, 0.25) is 0 Å². The lowest BCUT2D eigenvalue weighted by atomic mass is 10.2. The molecule has 0 saturated carbocycles. The third kappa shape index (κ3) is 1.23. The van der Waals surface area contributed by atoms with E-state index < -0.39 is 0 Å². The Morgan fingerprint density at radius 1 is 1.33 bits per heavy atom. The molecule has 0 spiro atoms. The van der Waals surface area contributed by atoms with Gasteiger partial charge in [0.2, 0.25) is 0 Å². The first-order chi connectivity index (χ1) is 5.79. The highest BCUT2D eigenvalue weighted by Crippen LogP contribution is 2.17. The summed E-state index contributed by atoms with van der Waals surface area (Å²) in [7, 11) is 0. The Balaban J connectivity index is 2.67. The predicted octanol–water partition coefficient (Wildman–Crippen LogP) is 2.91. The zero-order chi connectivity index (χ0) is 8.55. The molecule has 0 fully saturated rings. The SMILES string of the molecule is Cc1ccc2[nH]c(CS)cc2c1. The molecule has 0 atom stereocenters. The van der Waals surface area contributed by atoms with Gasteiger partial charge < -0.3 is 4.98 Å². The monoisotopic (exact) mass is 177 g/mol. The first-order valence-corrected chi connectivity index (χ1v) is 4.62. The van der Waals surface area contributed by atoms with Gasteiger partial charge >= 0.3 is 0 Å². The second-order valence-corrected chi connectivity index (χ2v) is 3.36. The summed E-state index contributed by atoms with van der Waals surface area (Å²) in [4.78, 5) is 3.30. The van der Waals surface area contributed by atoms with Gasteiger partial charge in [-0.15, -0.1) is 0 Å². The number of aryl methyl sites for hydroxylation is 1. The molecule has 0 bridgehead atoms. The van der Waals surface area contributed by atoms with E-state index in [9.17, 15) is 0 Å². The third-order valence-corrected chi connectivity index (χ3v) is 2.34. The molecule has 1 nitrogen and oxygen atoms in total. The van der Waals surface area contributed by atoms with E-state index in [1.807, 2.05) is 0 Å². The van der Waals surface area contributed by atoms with Gasteiger partial charge in [0, 0.05) is 17.0 Å². The van der Waals surface area contributed by atoms with Crippen molar-refractivity contribution in [2.75, 3.05) is 0 Å². The Morgan fingerprint density at radius 3 is 2.92 bits per heavy atom. The Bertz CT molecular complexity index is 403. The van der Waals surface area contributed by atoms with Crippen LogP contribution in [0, 0.1) is 6.92 Å². The molecule has 1 aromatic heterocycles. The van der Waals surface area contributed by atoms with E-state index in [2.05, 4.69) is 48.8 Å². The molecule has 0 radical (unpaired) electrons. The quantitative estimate of drug-likeness (QED) is 0.623. The minimum Gasteiger partial charge on any atom is -0.358 e. The topological polar surface area (TPSA) is 15.8 Å². The first kappa shape index (κ1) is 7.74. The van der Waals surface area contributed by atoms with E-state index in [1.165, 1.54) is 22.2 Å². The molecule has 0 aliphatic rings. The van der Waals surface area contributed by atoms with Crippen molar-refractivity contribution in [2.45, 2.75) is 12.7 Å². The maximum atomic E-state index is 4.22. The normalized spacial score (nSPS) is 10.8. The van der Waals surface area contributed by atoms with Gasteiger partial charge in [-0.25, -0.2) is 0 Å². The number of aromatic amines is 1. The van der Waals surface area contributed by atoms with Crippen LogP contribution in [0.3, 0.4) is 0 Å². The minimum atomic E-state index is 0.772. The molecule has 1 aromatic carbocycles. The summed E-state index contributed by atoms with van der Waals surface area (Å²) >= 11 is 4.22. The summed E-state index contributed by atoms with van der Waals surface area (Å²) in [5.74, 6) is 0.772. The number of hydrogen-bond donors (Lipinski definition) is 2. The van der Waals surface area contributed by atoms with Crippen molar-refractivity contribution < 1.29 is 0 Å². The molecular formula is C10H11NS. The Kier molecular flexibility index (Phi) is 1.85. The lowest BCUT2D eigenvalue weighted by Gasteiger charge is -1.90. The van der Waals surface area contributed by atoms with E-state index in [1.54, 1.807) is 0 Å². The second kappa shape index (κ2) is 2.87. The molecule has 2 aromatic rings. The van der Waals surface area contributed by atoms with Crippen LogP contribution in [0.1, 0.15) is 11.3 Å². The predicted molar refractivity (Wildman–Crippen MR) is 55.7 cm³/mol. The van der Waals surface area contributed by atoms with Crippen LogP contribution in [0.15, 0.2) is 24.3 Å². The van der Waals surface area contributed by atoms with Gasteiger partial charge in [0.1, 0.15) is 0 Å². The zero-order valence-electron chi connectivity index (χ0n) is 6.96. The van der Waals surface area contributed by atoms with Crippen LogP contribution in [0.25, 0.3) is 10.9 Å². The van der Waals surface area contributed by atoms with Crippen LogP contribution in [0.5, 0.6) is 0 Å². The van der Waals surface area contributed by atoms with Crippen LogP contribution < -0.4 is 0 Å². The molecule has 0 aliphatic heterocycles. The summed E-state index contributed by atoms with van der Waals surface area (Å²) in [6.07, 6.45) is 0. The average molecular weight is 177 g/mol. The van der Waals surface area contributed by atoms with Gasteiger partial charge in [-0.2, -0.15) is 12.6 Å². The van der Waals surface area contributed by atoms with Crippen molar-refractivity contribution in [1.29, 1.82) is 0 Å². The largest absolute Gasteiger partial charge is 0.358 e. The van der Waals surface area contributed by atoms with Crippen molar-refractivity contribution in [3.05, 3.63) is 35.5 Å². The van der Waals surface area contributed by atoms with Crippen LogP contribution in [-0.4, -0.2) is 4.98 Å². The van der Waals surface area contributed by atoms with Gasteiger partial charge in [0.25, 0.3) is 0 Å². The Morgan fingerprint density at radius 2 is 2.17 bits per heavy atom. The highest BCUT2D eigenvalue weighted by Gasteiger charge is 1.97. The fraction of sp³-hybridized carbons (Fsp3) is 0.200. The standard InChI is InChI=1S/C10H11NS/c1-7-2-3-10-8(4-7)5-9(6-12)11-10/h2-5,11-12H,6H2,1H3. The summed E-state index contributed by atoms with van der Waals surface area (Å²) in [5, 5.41) is 1.28. The smallest absolute Gasteiger partial charge is 0.0456 e. The Hall–Kier alpha value is -0.890. The number of fused-ring (bicyclic) bond motifs is 1. The molecular weight excluding hydrogens is 166 g/mol. The molecule has 2 heteroatoms. The lowest BCUT2D eigenvalue weighted by Crippen LogP contribution is -1.73. The maximum absolute atomic E-state index is 4.22. The fourth-order valence-corrected chi connectivity index (χ4v) is 1.57. The van der Waals surface area contributed by atoms with Gasteiger partial charge in [-0.3, -0.25) is 0 Å². The summed E-state index contributed by atoms with van der Waals surface area (Å²) in [5.41, 5.74) is 3.68. The number of hydrogen-bond acceptors (Lipinski definition) is 1. The minimum absolute atomic E-state index is 0.772. The van der Waals surface area contributed by atoms with E-state index in [0.29, 0.717) is 0 Å². The molecule has 1 N–H and O–H groups in total. The van der Waals surface area contributed by atoms with Gasteiger partial charge in [-0.05, 0) is 30.5 Å². The number of H-pyrrole nitrogens is 1. The molecule has 1 heterocycles. The van der Waals surface area contributed by atoms with E-state index in [4.69, 9.17) is 0 Å². The van der Waals surface area contributed by atoms with E-state index in [0.717, 1.165) is 5.75 Å². The summed E-state index contributed by atoms with van der Waals surface area (Å²) in [6.45, 7) is 2.10. The summed E-state index contributed by atoms with van der Waals surface area (Å²) < 4.78 is 0. The number of aromatic nitrogens is 1. The number of rotatable bonds is 1. The van der Waals surface area contributed by atoms with Gasteiger partial charge in [-0.1, -0.05) is 11.6 Å². The number of nitrogens with one attached hydrogen (secondary N) is 1. The zero-order valence-corrected chi connectivity index (χ0v) is 7.86. The van der Waals surface area contributed by atoms with Crippen LogP contribution in [0.4, 0.5) is 0 Å².